The summed E-state index contributed by atoms with van der Waals surface area (Å²) >= 11 is 1.01. The fourth-order valence-electron chi connectivity index (χ4n) is 3.53. The molecule has 38 heavy (non-hydrogen) atoms. The van der Waals surface area contributed by atoms with E-state index in [4.69, 9.17) is 4.74 Å². The molecule has 0 saturated carbocycles. The highest BCUT2D eigenvalue weighted by Gasteiger charge is 2.33. The van der Waals surface area contributed by atoms with Gasteiger partial charge < -0.3 is 15.4 Å². The molecule has 0 unspecified atom stereocenters. The minimum absolute atomic E-state index is 0.0314. The first-order valence-corrected chi connectivity index (χ1v) is 12.3. The maximum Gasteiger partial charge on any atom is 0.418 e. The average Bonchev–Trinajstić information content (AvgIpc) is 3.33. The van der Waals surface area contributed by atoms with Crippen molar-refractivity contribution in [3.05, 3.63) is 95.8 Å². The van der Waals surface area contributed by atoms with Gasteiger partial charge in [-0.15, -0.1) is 10.2 Å². The first-order valence-electron chi connectivity index (χ1n) is 11.3. The Hall–Kier alpha value is -4.32. The lowest BCUT2D eigenvalue weighted by molar-refractivity contribution is -0.137. The minimum Gasteiger partial charge on any atom is -0.497 e. The van der Waals surface area contributed by atoms with Crippen LogP contribution in [0.25, 0.3) is 5.69 Å². The van der Waals surface area contributed by atoms with Crippen LogP contribution < -0.4 is 15.4 Å². The van der Waals surface area contributed by atoms with Crippen LogP contribution in [0.2, 0.25) is 0 Å². The van der Waals surface area contributed by atoms with Gasteiger partial charge in [0.2, 0.25) is 5.91 Å². The predicted octanol–water partition coefficient (Wildman–Crippen LogP) is 4.96. The third kappa shape index (κ3) is 6.51. The lowest BCUT2D eigenvalue weighted by atomic mass is 10.1. The van der Waals surface area contributed by atoms with E-state index in [0.717, 1.165) is 17.8 Å². The number of carbonyl (C=O) groups is 2. The highest BCUT2D eigenvalue weighted by Crippen LogP contribution is 2.34. The molecule has 0 spiro atoms. The van der Waals surface area contributed by atoms with Gasteiger partial charge in [-0.3, -0.25) is 14.2 Å². The largest absolute Gasteiger partial charge is 0.497 e. The van der Waals surface area contributed by atoms with Crippen LogP contribution in [0, 0.1) is 0 Å². The molecule has 0 fully saturated rings. The molecule has 0 atom stereocenters. The zero-order valence-corrected chi connectivity index (χ0v) is 20.8. The molecule has 1 heterocycles. The van der Waals surface area contributed by atoms with Crippen LogP contribution in [0.5, 0.6) is 5.75 Å². The number of carbonyl (C=O) groups excluding carboxylic acids is 2. The molecule has 0 bridgehead atoms. The van der Waals surface area contributed by atoms with Gasteiger partial charge in [-0.05, 0) is 42.5 Å². The molecule has 4 rings (SSSR count). The average molecular weight is 542 g/mol. The lowest BCUT2D eigenvalue weighted by Gasteiger charge is -2.14. The van der Waals surface area contributed by atoms with Crippen molar-refractivity contribution in [2.24, 2.45) is 0 Å². The fourth-order valence-corrected chi connectivity index (χ4v) is 4.30. The minimum atomic E-state index is -4.60. The van der Waals surface area contributed by atoms with Crippen LogP contribution in [0.15, 0.2) is 84.0 Å². The second-order valence-corrected chi connectivity index (χ2v) is 8.81. The Morgan fingerprint density at radius 2 is 1.71 bits per heavy atom. The summed E-state index contributed by atoms with van der Waals surface area (Å²) in [7, 11) is 1.51. The number of rotatable bonds is 9. The molecule has 12 heteroatoms. The highest BCUT2D eigenvalue weighted by molar-refractivity contribution is 7.99. The van der Waals surface area contributed by atoms with Gasteiger partial charge in [0.1, 0.15) is 5.75 Å². The fraction of sp³-hybridized carbons (Fsp3) is 0.154. The van der Waals surface area contributed by atoms with E-state index in [0.29, 0.717) is 28.0 Å². The van der Waals surface area contributed by atoms with E-state index in [1.54, 1.807) is 41.0 Å². The number of hydrogen-bond acceptors (Lipinski definition) is 6. The maximum absolute atomic E-state index is 13.3. The number of ether oxygens (including phenoxy) is 1. The van der Waals surface area contributed by atoms with E-state index >= 15 is 0 Å². The standard InChI is InChI=1S/C26H22F3N5O3S/c1-37-19-11-7-8-17(14-19)24(36)30-15-22-32-33-25(34(22)18-9-3-2-4-10-18)38-16-23(35)31-21-13-6-5-12-20(21)26(27,28)29/h2-14H,15-16H2,1H3,(H,30,36)(H,31,35). The summed E-state index contributed by atoms with van der Waals surface area (Å²) in [5.74, 6) is -0.254. The van der Waals surface area contributed by atoms with E-state index in [9.17, 15) is 22.8 Å². The molecule has 2 N–H and O–H groups in total. The van der Waals surface area contributed by atoms with Crippen LogP contribution in [0.3, 0.4) is 0 Å². The molecule has 0 saturated heterocycles. The van der Waals surface area contributed by atoms with Crippen LogP contribution in [-0.2, 0) is 17.5 Å². The molecule has 0 aliphatic heterocycles. The van der Waals surface area contributed by atoms with Gasteiger partial charge in [-0.25, -0.2) is 0 Å². The predicted molar refractivity (Wildman–Crippen MR) is 136 cm³/mol. The number of nitrogens with one attached hydrogen (secondary N) is 2. The zero-order chi connectivity index (χ0) is 27.1. The Bertz CT molecular complexity index is 1430. The van der Waals surface area contributed by atoms with Crippen molar-refractivity contribution in [3.8, 4) is 11.4 Å². The third-order valence-electron chi connectivity index (χ3n) is 5.29. The van der Waals surface area contributed by atoms with Crippen LogP contribution >= 0.6 is 11.8 Å². The number of para-hydroxylation sites is 2. The maximum atomic E-state index is 13.3. The molecule has 0 aliphatic carbocycles. The Labute approximate surface area is 220 Å². The lowest BCUT2D eigenvalue weighted by Crippen LogP contribution is -2.24. The molecule has 3 aromatic carbocycles. The van der Waals surface area contributed by atoms with Crippen molar-refractivity contribution in [2.45, 2.75) is 17.9 Å². The van der Waals surface area contributed by atoms with Gasteiger partial charge >= 0.3 is 6.18 Å². The van der Waals surface area contributed by atoms with Gasteiger partial charge in [-0.2, -0.15) is 13.2 Å². The molecule has 0 radical (unpaired) electrons. The van der Waals surface area contributed by atoms with Gasteiger partial charge in [0.25, 0.3) is 5.91 Å². The topological polar surface area (TPSA) is 98.1 Å². The van der Waals surface area contributed by atoms with Crippen molar-refractivity contribution < 1.29 is 27.5 Å². The van der Waals surface area contributed by atoms with Crippen molar-refractivity contribution >= 4 is 29.3 Å². The smallest absolute Gasteiger partial charge is 0.418 e. The quantitative estimate of drug-likeness (QED) is 0.291. The molecule has 2 amide bonds. The van der Waals surface area contributed by atoms with E-state index < -0.39 is 17.6 Å². The van der Waals surface area contributed by atoms with Gasteiger partial charge in [-0.1, -0.05) is 48.2 Å². The number of amides is 2. The monoisotopic (exact) mass is 541 g/mol. The summed E-state index contributed by atoms with van der Waals surface area (Å²) in [6.07, 6.45) is -4.60. The number of methoxy groups -OCH3 is 1. The summed E-state index contributed by atoms with van der Waals surface area (Å²) in [4.78, 5) is 25.2. The summed E-state index contributed by atoms with van der Waals surface area (Å²) in [5, 5.41) is 13.8. The van der Waals surface area contributed by atoms with Crippen LogP contribution in [0.1, 0.15) is 21.7 Å². The van der Waals surface area contributed by atoms with Crippen molar-refractivity contribution in [1.82, 2.24) is 20.1 Å². The molecule has 8 nitrogen and oxygen atoms in total. The van der Waals surface area contributed by atoms with Crippen LogP contribution in [-0.4, -0.2) is 39.4 Å². The Morgan fingerprint density at radius 3 is 2.45 bits per heavy atom. The van der Waals surface area contributed by atoms with Gasteiger partial charge in [0.15, 0.2) is 11.0 Å². The molecule has 0 aliphatic rings. The Balaban J connectivity index is 1.49. The first kappa shape index (κ1) is 26.7. The number of benzene rings is 3. The third-order valence-corrected chi connectivity index (χ3v) is 6.22. The highest BCUT2D eigenvalue weighted by atomic mass is 32.2. The molecular weight excluding hydrogens is 519 g/mol. The molecule has 1 aromatic heterocycles. The van der Waals surface area contributed by atoms with Gasteiger partial charge in [0.05, 0.1) is 30.7 Å². The number of halogens is 3. The zero-order valence-electron chi connectivity index (χ0n) is 20.0. The molecule has 196 valence electrons. The normalized spacial score (nSPS) is 11.2. The summed E-state index contributed by atoms with van der Waals surface area (Å²) < 4.78 is 46.6. The van der Waals surface area contributed by atoms with E-state index in [1.165, 1.54) is 25.3 Å². The van der Waals surface area contributed by atoms with E-state index in [1.807, 2.05) is 18.2 Å². The first-order chi connectivity index (χ1) is 18.3. The number of hydrogen-bond donors (Lipinski definition) is 2. The Morgan fingerprint density at radius 1 is 0.974 bits per heavy atom. The molecular formula is C26H22F3N5O3S. The number of anilines is 1. The SMILES string of the molecule is COc1cccc(C(=O)NCc2nnc(SCC(=O)Nc3ccccc3C(F)(F)F)n2-c2ccccc2)c1. The van der Waals surface area contributed by atoms with Gasteiger partial charge in [0, 0.05) is 11.3 Å². The van der Waals surface area contributed by atoms with Crippen molar-refractivity contribution in [1.29, 1.82) is 0 Å². The second kappa shape index (κ2) is 11.8. The van der Waals surface area contributed by atoms with E-state index in [-0.39, 0.29) is 23.9 Å². The van der Waals surface area contributed by atoms with Crippen molar-refractivity contribution in [3.63, 3.8) is 0 Å². The summed E-state index contributed by atoms with van der Waals surface area (Å²) in [6, 6.07) is 20.5. The number of alkyl halides is 3. The van der Waals surface area contributed by atoms with E-state index in [2.05, 4.69) is 20.8 Å². The number of nitrogens with zero attached hydrogens (tertiary/aromatic N) is 3. The van der Waals surface area contributed by atoms with Crippen molar-refractivity contribution in [2.75, 3.05) is 18.2 Å². The summed E-state index contributed by atoms with van der Waals surface area (Å²) in [5.41, 5.74) is -0.162. The number of thioether (sulfide) groups is 1. The number of aromatic nitrogens is 3. The summed E-state index contributed by atoms with van der Waals surface area (Å²) in [6.45, 7) is 0.0314. The molecule has 4 aromatic rings. The Kier molecular flexibility index (Phi) is 8.31. The van der Waals surface area contributed by atoms with Crippen LogP contribution in [0.4, 0.5) is 18.9 Å². The second-order valence-electron chi connectivity index (χ2n) is 7.86.